The number of benzene rings is 1. The van der Waals surface area contributed by atoms with Crippen molar-refractivity contribution in [2.75, 3.05) is 57.3 Å². The topological polar surface area (TPSA) is 68.3 Å². The summed E-state index contributed by atoms with van der Waals surface area (Å²) in [5, 5.41) is 10.3. The molecule has 3 N–H and O–H groups in total. The van der Waals surface area contributed by atoms with Gasteiger partial charge < -0.3 is 25.5 Å². The lowest BCUT2D eigenvalue weighted by molar-refractivity contribution is 0.0841. The van der Waals surface area contributed by atoms with Gasteiger partial charge in [-0.3, -0.25) is 4.99 Å². The van der Waals surface area contributed by atoms with E-state index in [4.69, 9.17) is 17.3 Å². The molecule has 2 aliphatic heterocycles. The predicted octanol–water partition coefficient (Wildman–Crippen LogP) is 1.23. The molecule has 7 heteroatoms. The van der Waals surface area contributed by atoms with E-state index in [0.29, 0.717) is 5.96 Å². The third kappa shape index (κ3) is 5.23. The molecule has 2 saturated heterocycles. The van der Waals surface area contributed by atoms with Crippen molar-refractivity contribution in [3.63, 3.8) is 0 Å². The molecule has 0 spiro atoms. The van der Waals surface area contributed by atoms with Crippen molar-refractivity contribution in [3.8, 4) is 0 Å². The molecule has 0 radical (unpaired) electrons. The summed E-state index contributed by atoms with van der Waals surface area (Å²) in [7, 11) is 0. The number of nitrogens with zero attached hydrogens (tertiary/aromatic N) is 4. The first-order chi connectivity index (χ1) is 12.1. The second-order valence-electron chi connectivity index (χ2n) is 6.76. The third-order valence-electron chi connectivity index (χ3n) is 5.04. The molecule has 0 aliphatic carbocycles. The molecule has 0 unspecified atom stereocenters. The van der Waals surface area contributed by atoms with Gasteiger partial charge in [0.05, 0.1) is 12.6 Å². The van der Waals surface area contributed by atoms with E-state index in [1.54, 1.807) is 0 Å². The molecular formula is C18H28ClN5O. The molecule has 0 aromatic heterocycles. The minimum Gasteiger partial charge on any atom is -0.393 e. The Morgan fingerprint density at radius 3 is 2.36 bits per heavy atom. The molecule has 6 nitrogen and oxygen atoms in total. The highest BCUT2D eigenvalue weighted by Crippen LogP contribution is 2.19. The summed E-state index contributed by atoms with van der Waals surface area (Å²) in [4.78, 5) is 11.4. The number of aliphatic hydroxyl groups excluding tert-OH is 1. The van der Waals surface area contributed by atoms with Gasteiger partial charge in [0.25, 0.3) is 0 Å². The van der Waals surface area contributed by atoms with Gasteiger partial charge in [0, 0.05) is 56.5 Å². The van der Waals surface area contributed by atoms with E-state index in [9.17, 15) is 5.11 Å². The summed E-state index contributed by atoms with van der Waals surface area (Å²) >= 11 is 5.95. The molecule has 3 rings (SSSR count). The maximum absolute atomic E-state index is 9.54. The Bertz CT molecular complexity index is 563. The van der Waals surface area contributed by atoms with Crippen LogP contribution in [0.25, 0.3) is 0 Å². The Kier molecular flexibility index (Phi) is 6.39. The largest absolute Gasteiger partial charge is 0.393 e. The Balaban J connectivity index is 1.41. The Morgan fingerprint density at radius 1 is 1.08 bits per heavy atom. The van der Waals surface area contributed by atoms with Crippen LogP contribution < -0.4 is 10.6 Å². The first-order valence-electron chi connectivity index (χ1n) is 9.07. The van der Waals surface area contributed by atoms with Gasteiger partial charge in [0.15, 0.2) is 5.96 Å². The number of hydrogen-bond acceptors (Lipinski definition) is 4. The van der Waals surface area contributed by atoms with Crippen LogP contribution in [0.2, 0.25) is 5.02 Å². The fourth-order valence-electron chi connectivity index (χ4n) is 3.39. The van der Waals surface area contributed by atoms with Crippen LogP contribution in [0.1, 0.15) is 12.8 Å². The van der Waals surface area contributed by atoms with E-state index in [2.05, 4.69) is 31.8 Å². The van der Waals surface area contributed by atoms with Crippen LogP contribution in [0, 0.1) is 0 Å². The average Bonchev–Trinajstić information content (AvgIpc) is 2.64. The minimum absolute atomic E-state index is 0.123. The first-order valence-corrected chi connectivity index (χ1v) is 9.45. The van der Waals surface area contributed by atoms with Crippen LogP contribution in [0.5, 0.6) is 0 Å². The maximum atomic E-state index is 9.54. The van der Waals surface area contributed by atoms with Crippen LogP contribution in [-0.2, 0) is 0 Å². The minimum atomic E-state index is -0.123. The fraction of sp³-hybridized carbons (Fsp3) is 0.611. The Morgan fingerprint density at radius 2 is 1.72 bits per heavy atom. The molecule has 0 amide bonds. The summed E-state index contributed by atoms with van der Waals surface area (Å²) in [6.45, 7) is 7.18. The molecule has 138 valence electrons. The maximum Gasteiger partial charge on any atom is 0.191 e. The molecule has 0 bridgehead atoms. The van der Waals surface area contributed by atoms with Gasteiger partial charge in [-0.05, 0) is 37.1 Å². The first kappa shape index (κ1) is 18.3. The van der Waals surface area contributed by atoms with Crippen LogP contribution >= 0.6 is 11.6 Å². The van der Waals surface area contributed by atoms with Gasteiger partial charge in [0.2, 0.25) is 0 Å². The average molecular weight is 366 g/mol. The van der Waals surface area contributed by atoms with Gasteiger partial charge >= 0.3 is 0 Å². The van der Waals surface area contributed by atoms with E-state index in [1.165, 1.54) is 5.69 Å². The van der Waals surface area contributed by atoms with Crippen molar-refractivity contribution in [1.29, 1.82) is 0 Å². The smallest absolute Gasteiger partial charge is 0.191 e. The molecule has 0 saturated carbocycles. The fourth-order valence-corrected chi connectivity index (χ4v) is 3.52. The van der Waals surface area contributed by atoms with Crippen molar-refractivity contribution in [2.24, 2.45) is 10.7 Å². The number of piperazine rings is 1. The number of likely N-dealkylation sites (tertiary alicyclic amines) is 1. The number of nitrogens with two attached hydrogens (primary N) is 1. The summed E-state index contributed by atoms with van der Waals surface area (Å²) < 4.78 is 0. The van der Waals surface area contributed by atoms with Crippen molar-refractivity contribution >= 4 is 23.2 Å². The molecule has 2 fully saturated rings. The zero-order valence-electron chi connectivity index (χ0n) is 14.6. The number of guanidine groups is 1. The van der Waals surface area contributed by atoms with Gasteiger partial charge in [-0.15, -0.1) is 0 Å². The number of aliphatic imine (C=N–C) groups is 1. The van der Waals surface area contributed by atoms with Crippen LogP contribution in [0.3, 0.4) is 0 Å². The second kappa shape index (κ2) is 8.74. The number of halogens is 1. The van der Waals surface area contributed by atoms with Gasteiger partial charge in [-0.1, -0.05) is 11.6 Å². The molecular weight excluding hydrogens is 338 g/mol. The monoisotopic (exact) mass is 365 g/mol. The van der Waals surface area contributed by atoms with E-state index in [0.717, 1.165) is 70.2 Å². The number of hydrogen-bond donors (Lipinski definition) is 2. The molecule has 1 aromatic rings. The standard InChI is InChI=1S/C18H28ClN5O/c19-15-1-3-16(4-2-15)23-11-13-24(14-12-23)18(20)21-7-10-22-8-5-17(25)6-9-22/h1-4,17,25H,5-14H2,(H2,20,21). The predicted molar refractivity (Wildman–Crippen MR) is 103 cm³/mol. The van der Waals surface area contributed by atoms with Gasteiger partial charge in [0.1, 0.15) is 0 Å². The molecule has 25 heavy (non-hydrogen) atoms. The highest BCUT2D eigenvalue weighted by molar-refractivity contribution is 6.30. The molecule has 0 atom stereocenters. The SMILES string of the molecule is NC(=NCCN1CCC(O)CC1)N1CCN(c2ccc(Cl)cc2)CC1. The van der Waals surface area contributed by atoms with Gasteiger partial charge in [-0.2, -0.15) is 0 Å². The summed E-state index contributed by atoms with van der Waals surface area (Å²) in [6, 6.07) is 7.98. The lowest BCUT2D eigenvalue weighted by Gasteiger charge is -2.36. The number of aliphatic hydroxyl groups is 1. The van der Waals surface area contributed by atoms with E-state index in [-0.39, 0.29) is 6.10 Å². The van der Waals surface area contributed by atoms with Crippen LogP contribution in [0.4, 0.5) is 5.69 Å². The number of rotatable bonds is 4. The Hall–Kier alpha value is -1.50. The Labute approximate surface area is 154 Å². The number of piperidine rings is 1. The lowest BCUT2D eigenvalue weighted by atomic mass is 10.1. The number of anilines is 1. The second-order valence-corrected chi connectivity index (χ2v) is 7.20. The van der Waals surface area contributed by atoms with Crippen molar-refractivity contribution < 1.29 is 5.11 Å². The summed E-state index contributed by atoms with van der Waals surface area (Å²) in [5.41, 5.74) is 7.37. The summed E-state index contributed by atoms with van der Waals surface area (Å²) in [5.74, 6) is 0.646. The van der Waals surface area contributed by atoms with Crippen molar-refractivity contribution in [2.45, 2.75) is 18.9 Å². The highest BCUT2D eigenvalue weighted by atomic mass is 35.5. The van der Waals surface area contributed by atoms with Crippen LogP contribution in [0.15, 0.2) is 29.3 Å². The lowest BCUT2D eigenvalue weighted by Crippen LogP contribution is -2.51. The zero-order valence-corrected chi connectivity index (χ0v) is 15.4. The van der Waals surface area contributed by atoms with E-state index < -0.39 is 0 Å². The van der Waals surface area contributed by atoms with E-state index >= 15 is 0 Å². The zero-order chi connectivity index (χ0) is 17.6. The third-order valence-corrected chi connectivity index (χ3v) is 5.29. The molecule has 2 aliphatic rings. The van der Waals surface area contributed by atoms with Crippen molar-refractivity contribution in [3.05, 3.63) is 29.3 Å². The summed E-state index contributed by atoms with van der Waals surface area (Å²) in [6.07, 6.45) is 1.61. The highest BCUT2D eigenvalue weighted by Gasteiger charge is 2.19. The molecule has 1 aromatic carbocycles. The quantitative estimate of drug-likeness (QED) is 0.620. The van der Waals surface area contributed by atoms with Crippen LogP contribution in [-0.4, -0.2) is 79.3 Å². The van der Waals surface area contributed by atoms with E-state index in [1.807, 2.05) is 12.1 Å². The molecule has 2 heterocycles. The van der Waals surface area contributed by atoms with Gasteiger partial charge in [-0.25, -0.2) is 0 Å². The van der Waals surface area contributed by atoms with Crippen molar-refractivity contribution in [1.82, 2.24) is 9.80 Å². The normalized spacial score (nSPS) is 21.0.